The number of allylic oxidation sites excluding steroid dienone is 1. The van der Waals surface area contributed by atoms with Crippen molar-refractivity contribution in [1.29, 1.82) is 0 Å². The highest BCUT2D eigenvalue weighted by molar-refractivity contribution is 5.96. The molecule has 0 atom stereocenters. The predicted octanol–water partition coefficient (Wildman–Crippen LogP) is 4.01. The third-order valence-corrected chi connectivity index (χ3v) is 5.00. The van der Waals surface area contributed by atoms with E-state index >= 15 is 0 Å². The largest absolute Gasteiger partial charge is 0.489 e. The number of para-hydroxylation sites is 1. The van der Waals surface area contributed by atoms with Gasteiger partial charge in [-0.25, -0.2) is 4.98 Å². The molecule has 1 aliphatic heterocycles. The number of hydrogen-bond donors (Lipinski definition) is 2. The number of carbonyl (C=O) groups excluding carboxylic acids is 2. The average Bonchev–Trinajstić information content (AvgIpc) is 2.86. The van der Waals surface area contributed by atoms with Gasteiger partial charge in [0.2, 0.25) is 11.8 Å². The van der Waals surface area contributed by atoms with Crippen LogP contribution in [0.5, 0.6) is 5.75 Å². The molecule has 7 nitrogen and oxygen atoms in total. The van der Waals surface area contributed by atoms with E-state index in [0.717, 1.165) is 16.8 Å². The Labute approximate surface area is 182 Å². The lowest BCUT2D eigenvalue weighted by Gasteiger charge is -2.19. The second-order valence-corrected chi connectivity index (χ2v) is 8.27. The minimum absolute atomic E-state index is 0.139. The van der Waals surface area contributed by atoms with Crippen molar-refractivity contribution in [2.24, 2.45) is 5.41 Å². The maximum absolute atomic E-state index is 12.5. The van der Waals surface area contributed by atoms with E-state index < -0.39 is 5.41 Å². The molecule has 2 heterocycles. The lowest BCUT2D eigenvalue weighted by molar-refractivity contribution is -0.125. The van der Waals surface area contributed by atoms with Gasteiger partial charge >= 0.3 is 0 Å². The van der Waals surface area contributed by atoms with E-state index in [1.807, 2.05) is 45.0 Å². The van der Waals surface area contributed by atoms with Crippen molar-refractivity contribution in [1.82, 2.24) is 9.88 Å². The van der Waals surface area contributed by atoms with Crippen LogP contribution in [0, 0.1) is 5.41 Å². The molecule has 0 radical (unpaired) electrons. The lowest BCUT2D eigenvalue weighted by atomic mass is 9.94. The van der Waals surface area contributed by atoms with Crippen molar-refractivity contribution in [3.05, 3.63) is 60.3 Å². The number of nitrogens with zero attached hydrogens (tertiary/aromatic N) is 2. The summed E-state index contributed by atoms with van der Waals surface area (Å²) in [5.41, 5.74) is 2.95. The Hall–Kier alpha value is -3.61. The summed E-state index contributed by atoms with van der Waals surface area (Å²) in [6.07, 6.45) is 4.75. The molecule has 0 unspecified atom stereocenters. The van der Waals surface area contributed by atoms with E-state index in [4.69, 9.17) is 4.74 Å². The molecule has 2 aromatic rings. The summed E-state index contributed by atoms with van der Waals surface area (Å²) in [6, 6.07) is 9.60. The average molecular weight is 421 g/mol. The summed E-state index contributed by atoms with van der Waals surface area (Å²) in [5.74, 6) is 0.571. The summed E-state index contributed by atoms with van der Waals surface area (Å²) in [7, 11) is 1.72. The minimum Gasteiger partial charge on any atom is -0.489 e. The molecule has 1 aliphatic rings. The van der Waals surface area contributed by atoms with Gasteiger partial charge in [0.25, 0.3) is 0 Å². The number of carbonyl (C=O) groups is 2. The number of likely N-dealkylation sites (N-methyl/N-ethyl adjacent to an activating group) is 1. The van der Waals surface area contributed by atoms with E-state index in [1.165, 1.54) is 6.08 Å². The highest BCUT2D eigenvalue weighted by atomic mass is 16.5. The quantitative estimate of drug-likeness (QED) is 0.545. The maximum Gasteiger partial charge on any atom is 0.247 e. The number of fused-ring (bicyclic) bond motifs is 1. The summed E-state index contributed by atoms with van der Waals surface area (Å²) in [5, 5.41) is 6.05. The second kappa shape index (κ2) is 9.04. The van der Waals surface area contributed by atoms with Crippen LogP contribution >= 0.6 is 0 Å². The molecule has 31 heavy (non-hydrogen) atoms. The SMILES string of the molecule is C=C(C)c1ccccc1NCN(C)C(=O)/C=C/c1cnc2c(c1)OCC(C)(C)C(=O)N2. The van der Waals surface area contributed by atoms with Crippen LogP contribution in [-0.2, 0) is 9.59 Å². The summed E-state index contributed by atoms with van der Waals surface area (Å²) < 4.78 is 5.75. The van der Waals surface area contributed by atoms with E-state index in [1.54, 1.807) is 30.3 Å². The van der Waals surface area contributed by atoms with Gasteiger partial charge in [-0.05, 0) is 55.7 Å². The molecular formula is C24H28N4O3. The molecule has 2 N–H and O–H groups in total. The maximum atomic E-state index is 12.5. The van der Waals surface area contributed by atoms with Crippen LogP contribution < -0.4 is 15.4 Å². The zero-order valence-electron chi connectivity index (χ0n) is 18.4. The van der Waals surface area contributed by atoms with Gasteiger partial charge < -0.3 is 20.3 Å². The molecule has 162 valence electrons. The number of benzene rings is 1. The predicted molar refractivity (Wildman–Crippen MR) is 124 cm³/mol. The molecule has 0 saturated carbocycles. The van der Waals surface area contributed by atoms with Gasteiger partial charge in [0, 0.05) is 25.0 Å². The van der Waals surface area contributed by atoms with Crippen molar-refractivity contribution in [3.8, 4) is 5.75 Å². The Bertz CT molecular complexity index is 1040. The highest BCUT2D eigenvalue weighted by Gasteiger charge is 2.32. The van der Waals surface area contributed by atoms with Crippen LogP contribution in [0.15, 0.2) is 49.2 Å². The van der Waals surface area contributed by atoms with Gasteiger partial charge in [-0.2, -0.15) is 0 Å². The zero-order chi connectivity index (χ0) is 22.6. The molecule has 0 fully saturated rings. The standard InChI is InChI=1S/C24H28N4O3/c1-16(2)18-8-6-7-9-19(18)26-15-28(5)21(29)11-10-17-12-20-22(25-13-17)27-23(30)24(3,4)14-31-20/h6-13,26H,1,14-15H2,2-5H3,(H,25,27,30)/b11-10+. The van der Waals surface area contributed by atoms with Crippen molar-refractivity contribution >= 4 is 35.0 Å². The Morgan fingerprint density at radius 1 is 1.39 bits per heavy atom. The normalized spacial score (nSPS) is 14.8. The van der Waals surface area contributed by atoms with Crippen LogP contribution in [0.3, 0.4) is 0 Å². The van der Waals surface area contributed by atoms with Crippen LogP contribution in [0.2, 0.25) is 0 Å². The number of aromatic nitrogens is 1. The number of amides is 2. The monoisotopic (exact) mass is 420 g/mol. The van der Waals surface area contributed by atoms with Gasteiger partial charge in [0.1, 0.15) is 6.61 Å². The molecule has 0 bridgehead atoms. The molecule has 2 amide bonds. The van der Waals surface area contributed by atoms with Crippen molar-refractivity contribution in [3.63, 3.8) is 0 Å². The molecule has 0 spiro atoms. The first kappa shape index (κ1) is 22.1. The molecule has 1 aromatic carbocycles. The minimum atomic E-state index is -0.648. The van der Waals surface area contributed by atoms with Crippen molar-refractivity contribution in [2.45, 2.75) is 20.8 Å². The highest BCUT2D eigenvalue weighted by Crippen LogP contribution is 2.31. The number of pyridine rings is 1. The summed E-state index contributed by atoms with van der Waals surface area (Å²) in [6.45, 7) is 10.2. The third-order valence-electron chi connectivity index (χ3n) is 5.00. The topological polar surface area (TPSA) is 83.6 Å². The van der Waals surface area contributed by atoms with Gasteiger partial charge in [-0.3, -0.25) is 9.59 Å². The number of ether oxygens (including phenoxy) is 1. The molecule has 7 heteroatoms. The summed E-state index contributed by atoms with van der Waals surface area (Å²) >= 11 is 0. The first-order valence-electron chi connectivity index (χ1n) is 10.0. The Kier molecular flexibility index (Phi) is 6.44. The number of anilines is 2. The smallest absolute Gasteiger partial charge is 0.247 e. The van der Waals surface area contributed by atoms with Gasteiger partial charge in [0.05, 0.1) is 12.1 Å². The molecule has 0 aliphatic carbocycles. The van der Waals surface area contributed by atoms with Gasteiger partial charge in [0.15, 0.2) is 11.6 Å². The van der Waals surface area contributed by atoms with Crippen LogP contribution in [0.1, 0.15) is 31.9 Å². The Balaban J connectivity index is 1.63. The first-order chi connectivity index (χ1) is 14.7. The molecule has 0 saturated heterocycles. The van der Waals surface area contributed by atoms with Crippen LogP contribution in [0.25, 0.3) is 11.6 Å². The van der Waals surface area contributed by atoms with E-state index in [0.29, 0.717) is 23.8 Å². The fourth-order valence-corrected chi connectivity index (χ4v) is 2.94. The van der Waals surface area contributed by atoms with E-state index in [2.05, 4.69) is 22.2 Å². The van der Waals surface area contributed by atoms with Crippen molar-refractivity contribution < 1.29 is 14.3 Å². The Morgan fingerprint density at radius 3 is 2.87 bits per heavy atom. The molecule has 3 rings (SSSR count). The van der Waals surface area contributed by atoms with Gasteiger partial charge in [-0.1, -0.05) is 24.8 Å². The van der Waals surface area contributed by atoms with Crippen molar-refractivity contribution in [2.75, 3.05) is 31.0 Å². The third kappa shape index (κ3) is 5.31. The number of nitrogens with one attached hydrogen (secondary N) is 2. The van der Waals surface area contributed by atoms with Crippen LogP contribution in [0.4, 0.5) is 11.5 Å². The second-order valence-electron chi connectivity index (χ2n) is 8.27. The van der Waals surface area contributed by atoms with E-state index in [9.17, 15) is 9.59 Å². The first-order valence-corrected chi connectivity index (χ1v) is 10.0. The number of rotatable bonds is 6. The van der Waals surface area contributed by atoms with E-state index in [-0.39, 0.29) is 18.4 Å². The lowest BCUT2D eigenvalue weighted by Crippen LogP contribution is -2.33. The fourth-order valence-electron chi connectivity index (χ4n) is 2.94. The zero-order valence-corrected chi connectivity index (χ0v) is 18.4. The fraction of sp³-hybridized carbons (Fsp3) is 0.292. The van der Waals surface area contributed by atoms with Gasteiger partial charge in [-0.15, -0.1) is 0 Å². The summed E-state index contributed by atoms with van der Waals surface area (Å²) in [4.78, 5) is 30.5. The Morgan fingerprint density at radius 2 is 2.13 bits per heavy atom. The number of hydrogen-bond acceptors (Lipinski definition) is 5. The molecule has 1 aromatic heterocycles. The van der Waals surface area contributed by atoms with Crippen LogP contribution in [-0.4, -0.2) is 42.0 Å². The molecular weight excluding hydrogens is 392 g/mol.